The Bertz CT molecular complexity index is 508. The van der Waals surface area contributed by atoms with Crippen molar-refractivity contribution in [3.05, 3.63) is 29.1 Å². The van der Waals surface area contributed by atoms with E-state index in [1.165, 1.54) is 5.56 Å². The molecule has 1 N–H and O–H groups in total. The zero-order valence-corrected chi connectivity index (χ0v) is 14.3. The van der Waals surface area contributed by atoms with Crippen molar-refractivity contribution in [1.29, 1.82) is 0 Å². The van der Waals surface area contributed by atoms with Gasteiger partial charge >= 0.3 is 0 Å². The standard InChI is InChI=1S/C18H29FN2/c1-7-20-11-14-8-15-13(4)10-18(5,6)21(12(2)3)17(15)9-16(14)19/h8-9,12-13,20H,7,10-11H2,1-6H3. The van der Waals surface area contributed by atoms with Crippen molar-refractivity contribution >= 4 is 5.69 Å². The van der Waals surface area contributed by atoms with Crippen molar-refractivity contribution in [2.75, 3.05) is 11.4 Å². The number of hydrogen-bond acceptors (Lipinski definition) is 2. The summed E-state index contributed by atoms with van der Waals surface area (Å²) >= 11 is 0. The Balaban J connectivity index is 2.50. The first-order valence-corrected chi connectivity index (χ1v) is 8.10. The van der Waals surface area contributed by atoms with Crippen LogP contribution in [0.1, 0.15) is 65.0 Å². The van der Waals surface area contributed by atoms with E-state index in [0.29, 0.717) is 18.5 Å². The summed E-state index contributed by atoms with van der Waals surface area (Å²) in [6.45, 7) is 14.7. The van der Waals surface area contributed by atoms with Crippen LogP contribution in [0.3, 0.4) is 0 Å². The summed E-state index contributed by atoms with van der Waals surface area (Å²) in [6.07, 6.45) is 1.10. The molecule has 118 valence electrons. The third-order valence-corrected chi connectivity index (χ3v) is 4.53. The molecule has 1 unspecified atom stereocenters. The van der Waals surface area contributed by atoms with E-state index in [-0.39, 0.29) is 11.4 Å². The highest BCUT2D eigenvalue weighted by atomic mass is 19.1. The van der Waals surface area contributed by atoms with Crippen LogP contribution >= 0.6 is 0 Å². The summed E-state index contributed by atoms with van der Waals surface area (Å²) in [5.74, 6) is 0.372. The minimum atomic E-state index is -0.0924. The molecule has 2 rings (SSSR count). The quantitative estimate of drug-likeness (QED) is 0.883. The maximum absolute atomic E-state index is 14.4. The molecule has 0 amide bonds. The molecule has 0 aliphatic carbocycles. The number of fused-ring (bicyclic) bond motifs is 1. The van der Waals surface area contributed by atoms with Crippen molar-refractivity contribution in [2.24, 2.45) is 0 Å². The van der Waals surface area contributed by atoms with E-state index in [9.17, 15) is 4.39 Å². The topological polar surface area (TPSA) is 15.3 Å². The molecule has 1 atom stereocenters. The summed E-state index contributed by atoms with van der Waals surface area (Å²) in [4.78, 5) is 2.38. The monoisotopic (exact) mass is 292 g/mol. The summed E-state index contributed by atoms with van der Waals surface area (Å²) in [7, 11) is 0. The fourth-order valence-corrected chi connectivity index (χ4v) is 3.89. The molecule has 21 heavy (non-hydrogen) atoms. The lowest BCUT2D eigenvalue weighted by Gasteiger charge is -2.50. The van der Waals surface area contributed by atoms with Gasteiger partial charge in [0, 0.05) is 29.4 Å². The van der Waals surface area contributed by atoms with Gasteiger partial charge in [0.25, 0.3) is 0 Å². The molecule has 0 saturated carbocycles. The van der Waals surface area contributed by atoms with Crippen LogP contribution in [0.2, 0.25) is 0 Å². The van der Waals surface area contributed by atoms with Gasteiger partial charge in [-0.2, -0.15) is 0 Å². The molecule has 1 heterocycles. The highest BCUT2D eigenvalue weighted by Crippen LogP contribution is 2.45. The first-order chi connectivity index (χ1) is 9.77. The Kier molecular flexibility index (Phi) is 4.62. The summed E-state index contributed by atoms with van der Waals surface area (Å²) in [6, 6.07) is 4.19. The van der Waals surface area contributed by atoms with Crippen LogP contribution in [0.15, 0.2) is 12.1 Å². The SMILES string of the molecule is CCNCc1cc2c(cc1F)N(C(C)C)C(C)(C)CC2C. The van der Waals surface area contributed by atoms with Crippen molar-refractivity contribution in [3.63, 3.8) is 0 Å². The molecular weight excluding hydrogens is 263 g/mol. The third kappa shape index (κ3) is 3.08. The Morgan fingerprint density at radius 2 is 2.05 bits per heavy atom. The maximum Gasteiger partial charge on any atom is 0.129 e. The molecular formula is C18H29FN2. The summed E-state index contributed by atoms with van der Waals surface area (Å²) in [5.41, 5.74) is 3.21. The summed E-state index contributed by atoms with van der Waals surface area (Å²) < 4.78 is 14.4. The molecule has 0 fully saturated rings. The second-order valence-electron chi connectivity index (χ2n) is 7.16. The minimum absolute atomic E-state index is 0.0657. The van der Waals surface area contributed by atoms with Crippen LogP contribution in [0.4, 0.5) is 10.1 Å². The van der Waals surface area contributed by atoms with Crippen LogP contribution in [0.5, 0.6) is 0 Å². The largest absolute Gasteiger partial charge is 0.364 e. The van der Waals surface area contributed by atoms with Crippen molar-refractivity contribution in [2.45, 2.75) is 72.0 Å². The molecule has 1 aliphatic heterocycles. The number of nitrogens with one attached hydrogen (secondary N) is 1. The Labute approximate surface area is 128 Å². The first kappa shape index (κ1) is 16.3. The number of halogens is 1. The molecule has 0 aromatic heterocycles. The van der Waals surface area contributed by atoms with E-state index >= 15 is 0 Å². The van der Waals surface area contributed by atoms with E-state index in [1.807, 2.05) is 6.92 Å². The molecule has 2 nitrogen and oxygen atoms in total. The molecule has 0 bridgehead atoms. The normalized spacial score (nSPS) is 20.8. The van der Waals surface area contributed by atoms with E-state index < -0.39 is 0 Å². The van der Waals surface area contributed by atoms with E-state index in [1.54, 1.807) is 6.07 Å². The minimum Gasteiger partial charge on any atom is -0.364 e. The highest BCUT2D eigenvalue weighted by Gasteiger charge is 2.38. The fraction of sp³-hybridized carbons (Fsp3) is 0.667. The predicted octanol–water partition coefficient (Wildman–Crippen LogP) is 4.44. The van der Waals surface area contributed by atoms with Gasteiger partial charge in [0.05, 0.1) is 0 Å². The van der Waals surface area contributed by atoms with Crippen molar-refractivity contribution in [3.8, 4) is 0 Å². The number of nitrogens with zero attached hydrogens (tertiary/aromatic N) is 1. The third-order valence-electron chi connectivity index (χ3n) is 4.53. The number of rotatable bonds is 4. The van der Waals surface area contributed by atoms with Crippen LogP contribution in [-0.4, -0.2) is 18.1 Å². The van der Waals surface area contributed by atoms with Crippen molar-refractivity contribution < 1.29 is 4.39 Å². The van der Waals surface area contributed by atoms with Gasteiger partial charge in [0.2, 0.25) is 0 Å². The Hall–Kier alpha value is -1.09. The van der Waals surface area contributed by atoms with E-state index in [4.69, 9.17) is 0 Å². The second-order valence-corrected chi connectivity index (χ2v) is 7.16. The Morgan fingerprint density at radius 1 is 1.38 bits per heavy atom. The molecule has 0 saturated heterocycles. The predicted molar refractivity (Wildman–Crippen MR) is 88.5 cm³/mol. The lowest BCUT2D eigenvalue weighted by molar-refractivity contribution is 0.354. The van der Waals surface area contributed by atoms with E-state index in [2.05, 4.69) is 50.9 Å². The van der Waals surface area contributed by atoms with Crippen LogP contribution in [0, 0.1) is 5.82 Å². The second kappa shape index (κ2) is 5.96. The van der Waals surface area contributed by atoms with Gasteiger partial charge in [-0.15, -0.1) is 0 Å². The van der Waals surface area contributed by atoms with Crippen LogP contribution in [-0.2, 0) is 6.54 Å². The lowest BCUT2D eigenvalue weighted by Crippen LogP contribution is -2.52. The van der Waals surface area contributed by atoms with E-state index in [0.717, 1.165) is 24.2 Å². The van der Waals surface area contributed by atoms with Gasteiger partial charge in [-0.25, -0.2) is 4.39 Å². The van der Waals surface area contributed by atoms with Gasteiger partial charge in [0.1, 0.15) is 5.82 Å². The zero-order valence-electron chi connectivity index (χ0n) is 14.3. The van der Waals surface area contributed by atoms with Crippen molar-refractivity contribution in [1.82, 2.24) is 5.32 Å². The lowest BCUT2D eigenvalue weighted by atomic mass is 9.78. The molecule has 1 aliphatic rings. The van der Waals surface area contributed by atoms with Crippen LogP contribution < -0.4 is 10.2 Å². The first-order valence-electron chi connectivity index (χ1n) is 8.10. The molecule has 0 spiro atoms. The molecule has 0 radical (unpaired) electrons. The molecule has 3 heteroatoms. The average molecular weight is 292 g/mol. The fourth-order valence-electron chi connectivity index (χ4n) is 3.89. The number of benzene rings is 1. The van der Waals surface area contributed by atoms with Crippen LogP contribution in [0.25, 0.3) is 0 Å². The smallest absolute Gasteiger partial charge is 0.129 e. The average Bonchev–Trinajstić information content (AvgIpc) is 2.35. The van der Waals surface area contributed by atoms with Gasteiger partial charge < -0.3 is 10.2 Å². The highest BCUT2D eigenvalue weighted by molar-refractivity contribution is 5.61. The van der Waals surface area contributed by atoms with Gasteiger partial charge in [0.15, 0.2) is 0 Å². The summed E-state index contributed by atoms with van der Waals surface area (Å²) in [5, 5.41) is 3.22. The van der Waals surface area contributed by atoms with Gasteiger partial charge in [-0.05, 0) is 64.3 Å². The molecule has 1 aromatic rings. The van der Waals surface area contributed by atoms with Gasteiger partial charge in [-0.3, -0.25) is 0 Å². The Morgan fingerprint density at radius 3 is 2.62 bits per heavy atom. The zero-order chi connectivity index (χ0) is 15.8. The number of anilines is 1. The number of hydrogen-bond donors (Lipinski definition) is 1. The maximum atomic E-state index is 14.4. The molecule has 1 aromatic carbocycles. The van der Waals surface area contributed by atoms with Gasteiger partial charge in [-0.1, -0.05) is 13.8 Å².